The van der Waals surface area contributed by atoms with Crippen LogP contribution in [0.3, 0.4) is 0 Å². The van der Waals surface area contributed by atoms with E-state index in [0.29, 0.717) is 10.1 Å². The number of urea groups is 1. The van der Waals surface area contributed by atoms with Gasteiger partial charge in [0.05, 0.1) is 5.29 Å². The van der Waals surface area contributed by atoms with Gasteiger partial charge in [0.2, 0.25) is 0 Å². The summed E-state index contributed by atoms with van der Waals surface area (Å²) in [4.78, 5) is 24.6. The van der Waals surface area contributed by atoms with Gasteiger partial charge in [-0.1, -0.05) is 0 Å². The van der Waals surface area contributed by atoms with Gasteiger partial charge in [0, 0.05) is 18.6 Å². The van der Waals surface area contributed by atoms with Crippen LogP contribution in [0.15, 0.2) is 16.9 Å². The van der Waals surface area contributed by atoms with Crippen molar-refractivity contribution in [3.05, 3.63) is 16.5 Å². The van der Waals surface area contributed by atoms with Gasteiger partial charge in [0.1, 0.15) is 0 Å². The Balaban J connectivity index is 0. The number of aromatic nitrogens is 1. The minimum atomic E-state index is -0.597. The monoisotopic (exact) mass is 258 g/mol. The number of carbonyl (C=O) groups is 1. The number of nitroso groups, excluding NO2 is 1. The predicted molar refractivity (Wildman–Crippen MR) is 59.2 cm³/mol. The first kappa shape index (κ1) is 15.5. The lowest BCUT2D eigenvalue weighted by Crippen LogP contribution is -2.26. The van der Waals surface area contributed by atoms with Crippen molar-refractivity contribution in [1.29, 1.82) is 0 Å². The fraction of sp³-hybridized carbons (Fsp3) is 0.200. The van der Waals surface area contributed by atoms with Gasteiger partial charge in [-0.15, -0.1) is 41.1 Å². The minimum absolute atomic E-state index is 0. The van der Waals surface area contributed by atoms with Crippen molar-refractivity contribution in [2.45, 2.75) is 0 Å². The van der Waals surface area contributed by atoms with Crippen LogP contribution in [0.4, 0.5) is 9.93 Å². The molecule has 1 rings (SSSR count). The molecule has 0 aliphatic carbocycles. The Morgan fingerprint density at radius 3 is 2.71 bits per heavy atom. The average molecular weight is 259 g/mol. The number of nitrogens with zero attached hydrogens (tertiary/aromatic N) is 3. The van der Waals surface area contributed by atoms with E-state index in [9.17, 15) is 9.70 Å². The maximum Gasteiger partial charge on any atom is 0.346 e. The SMILES string of the molecule is CN(N=O)C(=O)Nc1nccs1.Cl.Cl. The van der Waals surface area contributed by atoms with Gasteiger partial charge >= 0.3 is 6.03 Å². The normalized spacial score (nSPS) is 7.79. The van der Waals surface area contributed by atoms with Gasteiger partial charge in [-0.05, 0) is 0 Å². The molecule has 1 aromatic heterocycles. The quantitative estimate of drug-likeness (QED) is 0.653. The van der Waals surface area contributed by atoms with Crippen LogP contribution in [0.1, 0.15) is 0 Å². The summed E-state index contributed by atoms with van der Waals surface area (Å²) in [5.74, 6) is 0. The summed E-state index contributed by atoms with van der Waals surface area (Å²) < 4.78 is 0. The Morgan fingerprint density at radius 1 is 1.64 bits per heavy atom. The zero-order chi connectivity index (χ0) is 8.97. The molecule has 0 saturated carbocycles. The Bertz CT molecular complexity index is 281. The van der Waals surface area contributed by atoms with Crippen molar-refractivity contribution in [2.75, 3.05) is 12.4 Å². The summed E-state index contributed by atoms with van der Waals surface area (Å²) in [6.07, 6.45) is 1.55. The molecule has 0 radical (unpaired) electrons. The number of halogens is 2. The molecule has 0 aromatic carbocycles. The number of carbonyl (C=O) groups excluding carboxylic acids is 1. The fourth-order valence-electron chi connectivity index (χ4n) is 0.495. The Kier molecular flexibility index (Phi) is 8.31. The van der Waals surface area contributed by atoms with Gasteiger partial charge in [-0.2, -0.15) is 5.01 Å². The standard InChI is InChI=1S/C5H6N4O2S.2ClH/c1-9(8-11)5(10)7-4-6-2-3-12-4;;/h2-3H,1H3,(H,6,7,10);2*1H. The summed E-state index contributed by atoms with van der Waals surface area (Å²) >= 11 is 1.27. The molecule has 0 fully saturated rings. The molecule has 0 spiro atoms. The molecule has 0 unspecified atom stereocenters. The number of rotatable bonds is 2. The summed E-state index contributed by atoms with van der Waals surface area (Å²) in [6.45, 7) is 0. The lowest BCUT2D eigenvalue weighted by Gasteiger charge is -2.05. The second-order valence-electron chi connectivity index (χ2n) is 1.87. The van der Waals surface area contributed by atoms with E-state index in [1.165, 1.54) is 18.4 Å². The van der Waals surface area contributed by atoms with Crippen molar-refractivity contribution in [2.24, 2.45) is 5.29 Å². The van der Waals surface area contributed by atoms with Gasteiger partial charge in [0.15, 0.2) is 5.13 Å². The molecule has 0 atom stereocenters. The van der Waals surface area contributed by atoms with Crippen LogP contribution in [-0.4, -0.2) is 23.1 Å². The third-order valence-corrected chi connectivity index (χ3v) is 1.75. The maximum absolute atomic E-state index is 10.9. The molecule has 14 heavy (non-hydrogen) atoms. The highest BCUT2D eigenvalue weighted by Crippen LogP contribution is 2.10. The van der Waals surface area contributed by atoms with E-state index in [1.54, 1.807) is 11.6 Å². The first-order chi connectivity index (χ1) is 5.74. The number of hydrogen-bond acceptors (Lipinski definition) is 5. The van der Waals surface area contributed by atoms with Crippen molar-refractivity contribution in [3.63, 3.8) is 0 Å². The van der Waals surface area contributed by atoms with Crippen LogP contribution in [0.5, 0.6) is 0 Å². The van der Waals surface area contributed by atoms with Crippen LogP contribution < -0.4 is 5.32 Å². The molecule has 0 bridgehead atoms. The number of hydrogen-bond donors (Lipinski definition) is 1. The molecule has 0 aliphatic rings. The third kappa shape index (κ3) is 4.35. The second-order valence-corrected chi connectivity index (χ2v) is 2.77. The summed E-state index contributed by atoms with van der Waals surface area (Å²) in [6, 6.07) is -0.597. The molecule has 1 aromatic rings. The zero-order valence-corrected chi connectivity index (χ0v) is 9.49. The van der Waals surface area contributed by atoms with E-state index in [1.807, 2.05) is 0 Å². The van der Waals surface area contributed by atoms with Gasteiger partial charge in [0.25, 0.3) is 0 Å². The van der Waals surface area contributed by atoms with Crippen LogP contribution in [-0.2, 0) is 0 Å². The number of nitrogens with one attached hydrogen (secondary N) is 1. The topological polar surface area (TPSA) is 74.7 Å². The van der Waals surface area contributed by atoms with Crippen molar-refractivity contribution >= 4 is 47.3 Å². The summed E-state index contributed by atoms with van der Waals surface area (Å²) in [5.41, 5.74) is 0. The van der Waals surface area contributed by atoms with Crippen LogP contribution in [0.2, 0.25) is 0 Å². The van der Waals surface area contributed by atoms with Gasteiger partial charge in [-0.3, -0.25) is 5.32 Å². The molecular weight excluding hydrogens is 251 g/mol. The summed E-state index contributed by atoms with van der Waals surface area (Å²) in [5, 5.41) is 7.60. The van der Waals surface area contributed by atoms with Crippen molar-refractivity contribution in [1.82, 2.24) is 9.99 Å². The van der Waals surface area contributed by atoms with E-state index in [0.717, 1.165) is 0 Å². The summed E-state index contributed by atoms with van der Waals surface area (Å²) in [7, 11) is 1.26. The van der Waals surface area contributed by atoms with Gasteiger partial charge in [-0.25, -0.2) is 9.78 Å². The van der Waals surface area contributed by atoms with Crippen LogP contribution >= 0.6 is 36.2 Å². The first-order valence-electron chi connectivity index (χ1n) is 3.01. The second kappa shape index (κ2) is 7.48. The highest BCUT2D eigenvalue weighted by atomic mass is 35.5. The van der Waals surface area contributed by atoms with E-state index in [4.69, 9.17) is 0 Å². The number of thiazole rings is 1. The van der Waals surface area contributed by atoms with Crippen LogP contribution in [0.25, 0.3) is 0 Å². The Labute approximate surface area is 96.5 Å². The van der Waals surface area contributed by atoms with E-state index in [-0.39, 0.29) is 24.8 Å². The maximum atomic E-state index is 10.9. The molecule has 9 heteroatoms. The van der Waals surface area contributed by atoms with Crippen molar-refractivity contribution < 1.29 is 4.79 Å². The lowest BCUT2D eigenvalue weighted by molar-refractivity contribution is 0.224. The molecule has 1 N–H and O–H groups in total. The minimum Gasteiger partial charge on any atom is -0.282 e. The molecule has 1 heterocycles. The first-order valence-corrected chi connectivity index (χ1v) is 3.89. The Hall–Kier alpha value is -0.920. The highest BCUT2D eigenvalue weighted by Gasteiger charge is 2.08. The van der Waals surface area contributed by atoms with E-state index in [2.05, 4.69) is 15.6 Å². The molecular formula is C5H8Cl2N4O2S. The molecule has 0 aliphatic heterocycles. The molecule has 80 valence electrons. The van der Waals surface area contributed by atoms with Gasteiger partial charge < -0.3 is 0 Å². The zero-order valence-electron chi connectivity index (χ0n) is 7.04. The van der Waals surface area contributed by atoms with Crippen LogP contribution in [0, 0.1) is 4.91 Å². The van der Waals surface area contributed by atoms with Crippen molar-refractivity contribution in [3.8, 4) is 0 Å². The van der Waals surface area contributed by atoms with E-state index >= 15 is 0 Å². The molecule has 6 nitrogen and oxygen atoms in total. The predicted octanol–water partition coefficient (Wildman–Crippen LogP) is 2.13. The Morgan fingerprint density at radius 2 is 2.29 bits per heavy atom. The number of anilines is 1. The molecule has 0 saturated heterocycles. The van der Waals surface area contributed by atoms with E-state index < -0.39 is 6.03 Å². The largest absolute Gasteiger partial charge is 0.346 e. The fourth-order valence-corrected chi connectivity index (χ4v) is 1.01. The third-order valence-electron chi connectivity index (χ3n) is 1.06. The average Bonchev–Trinajstić information content (AvgIpc) is 2.55. The number of amides is 2. The highest BCUT2D eigenvalue weighted by molar-refractivity contribution is 7.13. The lowest BCUT2D eigenvalue weighted by atomic mass is 10.9. The molecule has 2 amide bonds. The smallest absolute Gasteiger partial charge is 0.282 e.